The van der Waals surface area contributed by atoms with E-state index in [2.05, 4.69) is 0 Å². The van der Waals surface area contributed by atoms with Crippen molar-refractivity contribution in [2.45, 2.75) is 6.42 Å². The standard InChI is InChI=1S/C11H10O3/c1-14-9-2-3-10-7(5-9)4-8(6-12)11(10)13/h2-3,5-6,12H,4H2,1H3/b8-6-. The van der Waals surface area contributed by atoms with Gasteiger partial charge in [-0.3, -0.25) is 4.79 Å². The number of hydrogen-bond acceptors (Lipinski definition) is 3. The zero-order valence-corrected chi connectivity index (χ0v) is 7.78. The first kappa shape index (κ1) is 8.81. The molecular formula is C11H10O3. The Morgan fingerprint density at radius 3 is 2.93 bits per heavy atom. The molecule has 0 saturated carbocycles. The van der Waals surface area contributed by atoms with E-state index in [-0.39, 0.29) is 5.78 Å². The van der Waals surface area contributed by atoms with Crippen LogP contribution in [0.15, 0.2) is 30.0 Å². The lowest BCUT2D eigenvalue weighted by molar-refractivity contribution is 0.103. The van der Waals surface area contributed by atoms with Crippen LogP contribution >= 0.6 is 0 Å². The third kappa shape index (κ3) is 1.18. The van der Waals surface area contributed by atoms with E-state index in [9.17, 15) is 4.79 Å². The maximum absolute atomic E-state index is 11.6. The first-order valence-electron chi connectivity index (χ1n) is 4.31. The molecular weight excluding hydrogens is 180 g/mol. The van der Waals surface area contributed by atoms with Crippen molar-refractivity contribution in [2.75, 3.05) is 7.11 Å². The molecule has 0 aromatic heterocycles. The van der Waals surface area contributed by atoms with Gasteiger partial charge in [0.25, 0.3) is 0 Å². The zero-order chi connectivity index (χ0) is 10.1. The van der Waals surface area contributed by atoms with Crippen LogP contribution in [0.4, 0.5) is 0 Å². The van der Waals surface area contributed by atoms with Crippen LogP contribution < -0.4 is 4.74 Å². The number of fused-ring (bicyclic) bond motifs is 1. The van der Waals surface area contributed by atoms with Gasteiger partial charge in [0.05, 0.1) is 13.4 Å². The Bertz CT molecular complexity index is 419. The van der Waals surface area contributed by atoms with Crippen LogP contribution in [0.5, 0.6) is 5.75 Å². The number of carbonyl (C=O) groups is 1. The van der Waals surface area contributed by atoms with Crippen molar-refractivity contribution in [3.63, 3.8) is 0 Å². The highest BCUT2D eigenvalue weighted by atomic mass is 16.5. The van der Waals surface area contributed by atoms with Crippen molar-refractivity contribution in [1.29, 1.82) is 0 Å². The fourth-order valence-corrected chi connectivity index (χ4v) is 1.63. The number of ketones is 1. The molecule has 0 spiro atoms. The fourth-order valence-electron chi connectivity index (χ4n) is 1.63. The van der Waals surface area contributed by atoms with Crippen molar-refractivity contribution in [3.05, 3.63) is 41.2 Å². The Kier molecular flexibility index (Phi) is 2.00. The number of aliphatic hydroxyl groups is 1. The normalized spacial score (nSPS) is 17.2. The average molecular weight is 190 g/mol. The summed E-state index contributed by atoms with van der Waals surface area (Å²) < 4.78 is 5.05. The molecule has 0 radical (unpaired) electrons. The van der Waals surface area contributed by atoms with E-state index in [4.69, 9.17) is 9.84 Å². The summed E-state index contributed by atoms with van der Waals surface area (Å²) in [5.74, 6) is 0.640. The third-order valence-electron chi connectivity index (χ3n) is 2.39. The average Bonchev–Trinajstić information content (AvgIpc) is 2.55. The number of Topliss-reactive ketones (excluding diaryl/α,β-unsaturated/α-hetero) is 1. The molecule has 0 unspecified atom stereocenters. The lowest BCUT2D eigenvalue weighted by atomic mass is 10.1. The van der Waals surface area contributed by atoms with Gasteiger partial charge in [0.1, 0.15) is 5.75 Å². The van der Waals surface area contributed by atoms with E-state index in [0.717, 1.165) is 17.6 Å². The molecule has 3 nitrogen and oxygen atoms in total. The van der Waals surface area contributed by atoms with Gasteiger partial charge in [-0.1, -0.05) is 0 Å². The summed E-state index contributed by atoms with van der Waals surface area (Å²) in [6, 6.07) is 5.30. The second kappa shape index (κ2) is 3.18. The molecule has 14 heavy (non-hydrogen) atoms. The van der Waals surface area contributed by atoms with E-state index in [1.807, 2.05) is 6.07 Å². The molecule has 1 aliphatic rings. The van der Waals surface area contributed by atoms with Crippen molar-refractivity contribution < 1.29 is 14.6 Å². The first-order chi connectivity index (χ1) is 6.76. The second-order valence-electron chi connectivity index (χ2n) is 3.18. The Hall–Kier alpha value is -1.77. The number of methoxy groups -OCH3 is 1. The molecule has 0 heterocycles. The smallest absolute Gasteiger partial charge is 0.192 e. The van der Waals surface area contributed by atoms with Gasteiger partial charge in [-0.25, -0.2) is 0 Å². The van der Waals surface area contributed by atoms with E-state index >= 15 is 0 Å². The van der Waals surface area contributed by atoms with Crippen molar-refractivity contribution in [3.8, 4) is 5.75 Å². The van der Waals surface area contributed by atoms with E-state index in [1.165, 1.54) is 0 Å². The maximum Gasteiger partial charge on any atom is 0.192 e. The molecule has 1 aliphatic carbocycles. The SMILES string of the molecule is COc1ccc2c(c1)C/C(=C/O)C2=O. The molecule has 3 heteroatoms. The van der Waals surface area contributed by atoms with Gasteiger partial charge in [0.2, 0.25) is 0 Å². The second-order valence-corrected chi connectivity index (χ2v) is 3.18. The summed E-state index contributed by atoms with van der Waals surface area (Å²) in [5, 5.41) is 8.82. The highest BCUT2D eigenvalue weighted by Gasteiger charge is 2.24. The predicted molar refractivity (Wildman–Crippen MR) is 51.7 cm³/mol. The van der Waals surface area contributed by atoms with Gasteiger partial charge in [-0.05, 0) is 23.8 Å². The minimum Gasteiger partial charge on any atom is -0.515 e. The van der Waals surface area contributed by atoms with Crippen LogP contribution in [0, 0.1) is 0 Å². The summed E-state index contributed by atoms with van der Waals surface area (Å²) in [5.41, 5.74) is 2.01. The zero-order valence-electron chi connectivity index (χ0n) is 7.78. The minimum atomic E-state index is -0.0925. The van der Waals surface area contributed by atoms with Crippen molar-refractivity contribution in [2.24, 2.45) is 0 Å². The maximum atomic E-state index is 11.6. The van der Waals surface area contributed by atoms with Gasteiger partial charge >= 0.3 is 0 Å². The van der Waals surface area contributed by atoms with Gasteiger partial charge < -0.3 is 9.84 Å². The Morgan fingerprint density at radius 2 is 2.29 bits per heavy atom. The number of benzene rings is 1. The summed E-state index contributed by atoms with van der Waals surface area (Å²) in [6.07, 6.45) is 1.37. The number of aliphatic hydroxyl groups excluding tert-OH is 1. The van der Waals surface area contributed by atoms with Crippen LogP contribution in [0.3, 0.4) is 0 Å². The van der Waals surface area contributed by atoms with E-state index < -0.39 is 0 Å². The van der Waals surface area contributed by atoms with Crippen molar-refractivity contribution >= 4 is 5.78 Å². The Balaban J connectivity index is 2.49. The molecule has 2 rings (SSSR count). The summed E-state index contributed by atoms with van der Waals surface area (Å²) in [6.45, 7) is 0. The molecule has 1 aromatic rings. The highest BCUT2D eigenvalue weighted by Crippen LogP contribution is 2.28. The molecule has 1 aromatic carbocycles. The molecule has 1 N–H and O–H groups in total. The number of carbonyl (C=O) groups excluding carboxylic acids is 1. The third-order valence-corrected chi connectivity index (χ3v) is 2.39. The van der Waals surface area contributed by atoms with Crippen LogP contribution in [-0.4, -0.2) is 18.0 Å². The van der Waals surface area contributed by atoms with E-state index in [1.54, 1.807) is 19.2 Å². The van der Waals surface area contributed by atoms with Crippen LogP contribution in [-0.2, 0) is 6.42 Å². The van der Waals surface area contributed by atoms with E-state index in [0.29, 0.717) is 17.6 Å². The molecule has 0 fully saturated rings. The predicted octanol–water partition coefficient (Wildman–Crippen LogP) is 1.88. The van der Waals surface area contributed by atoms with Crippen LogP contribution in [0.1, 0.15) is 15.9 Å². The lowest BCUT2D eigenvalue weighted by Gasteiger charge is -2.01. The molecule has 0 amide bonds. The topological polar surface area (TPSA) is 46.5 Å². The number of ether oxygens (including phenoxy) is 1. The summed E-state index contributed by atoms with van der Waals surface area (Å²) in [4.78, 5) is 11.6. The molecule has 0 aliphatic heterocycles. The van der Waals surface area contributed by atoms with Gasteiger partial charge in [0, 0.05) is 17.6 Å². The number of rotatable bonds is 1. The quantitative estimate of drug-likeness (QED) is 0.543. The monoisotopic (exact) mass is 190 g/mol. The largest absolute Gasteiger partial charge is 0.515 e. The van der Waals surface area contributed by atoms with Gasteiger partial charge in [-0.2, -0.15) is 0 Å². The van der Waals surface area contributed by atoms with Crippen molar-refractivity contribution in [1.82, 2.24) is 0 Å². The number of hydrogen-bond donors (Lipinski definition) is 1. The molecule has 72 valence electrons. The Morgan fingerprint density at radius 1 is 1.50 bits per heavy atom. The minimum absolute atomic E-state index is 0.0925. The van der Waals surface area contributed by atoms with Crippen LogP contribution in [0.25, 0.3) is 0 Å². The lowest BCUT2D eigenvalue weighted by Crippen LogP contribution is -1.94. The first-order valence-corrected chi connectivity index (χ1v) is 4.31. The number of allylic oxidation sites excluding steroid dienone is 1. The fraction of sp³-hybridized carbons (Fsp3) is 0.182. The highest BCUT2D eigenvalue weighted by molar-refractivity contribution is 6.13. The summed E-state index contributed by atoms with van der Waals surface area (Å²) >= 11 is 0. The molecule has 0 saturated heterocycles. The van der Waals surface area contributed by atoms with Gasteiger partial charge in [-0.15, -0.1) is 0 Å². The molecule has 0 bridgehead atoms. The molecule has 0 atom stereocenters. The van der Waals surface area contributed by atoms with Gasteiger partial charge in [0.15, 0.2) is 5.78 Å². The van der Waals surface area contributed by atoms with Crippen LogP contribution in [0.2, 0.25) is 0 Å². The summed E-state index contributed by atoms with van der Waals surface area (Å²) in [7, 11) is 1.58. The Labute approximate surface area is 81.6 Å².